The van der Waals surface area contributed by atoms with Crippen LogP contribution in [-0.2, 0) is 6.42 Å². The van der Waals surface area contributed by atoms with Crippen molar-refractivity contribution in [3.05, 3.63) is 65.2 Å². The van der Waals surface area contributed by atoms with E-state index in [0.717, 1.165) is 17.7 Å². The van der Waals surface area contributed by atoms with Gasteiger partial charge in [0.15, 0.2) is 0 Å². The summed E-state index contributed by atoms with van der Waals surface area (Å²) in [7, 11) is 0. The van der Waals surface area contributed by atoms with E-state index in [-0.39, 0.29) is 6.04 Å². The summed E-state index contributed by atoms with van der Waals surface area (Å²) >= 11 is 0. The molecule has 0 saturated heterocycles. The number of nitrogens with two attached hydrogens (primary N) is 1. The molecule has 0 fully saturated rings. The van der Waals surface area contributed by atoms with Gasteiger partial charge >= 0.3 is 0 Å². The van der Waals surface area contributed by atoms with Crippen LogP contribution >= 0.6 is 0 Å². The Hall–Kier alpha value is -1.80. The Bertz CT molecular complexity index is 536. The van der Waals surface area contributed by atoms with Crippen LogP contribution in [0.3, 0.4) is 0 Å². The molecule has 0 bridgehead atoms. The second kappa shape index (κ2) is 6.39. The van der Waals surface area contributed by atoms with E-state index >= 15 is 0 Å². The molecule has 1 unspecified atom stereocenters. The predicted molar refractivity (Wildman–Crippen MR) is 79.4 cm³/mol. The van der Waals surface area contributed by atoms with Crippen LogP contribution in [0.4, 0.5) is 0 Å². The molecule has 0 aromatic heterocycles. The third kappa shape index (κ3) is 3.36. The molecule has 0 saturated carbocycles. The third-order valence-corrected chi connectivity index (χ3v) is 3.36. The van der Waals surface area contributed by atoms with Crippen molar-refractivity contribution in [3.8, 4) is 5.75 Å². The molecule has 0 heterocycles. The van der Waals surface area contributed by atoms with Gasteiger partial charge in [0, 0.05) is 0 Å². The normalized spacial score (nSPS) is 12.2. The highest BCUT2D eigenvalue weighted by atomic mass is 16.5. The van der Waals surface area contributed by atoms with Crippen molar-refractivity contribution in [2.45, 2.75) is 26.3 Å². The zero-order chi connectivity index (χ0) is 13.7. The van der Waals surface area contributed by atoms with Gasteiger partial charge in [-0.15, -0.1) is 0 Å². The SMILES string of the molecule is CCc1ccccc1OCC(N)c1ccccc1C. The second-order valence-corrected chi connectivity index (χ2v) is 4.74. The highest BCUT2D eigenvalue weighted by Gasteiger charge is 2.10. The maximum Gasteiger partial charge on any atom is 0.122 e. The van der Waals surface area contributed by atoms with E-state index in [9.17, 15) is 0 Å². The fourth-order valence-corrected chi connectivity index (χ4v) is 2.21. The Morgan fingerprint density at radius 2 is 1.74 bits per heavy atom. The smallest absolute Gasteiger partial charge is 0.122 e. The Morgan fingerprint density at radius 3 is 2.47 bits per heavy atom. The molecule has 0 radical (unpaired) electrons. The van der Waals surface area contributed by atoms with E-state index < -0.39 is 0 Å². The molecule has 0 amide bonds. The van der Waals surface area contributed by atoms with Crippen molar-refractivity contribution in [1.82, 2.24) is 0 Å². The van der Waals surface area contributed by atoms with Crippen LogP contribution in [0.1, 0.15) is 29.7 Å². The number of rotatable bonds is 5. The lowest BCUT2D eigenvalue weighted by atomic mass is 10.0. The largest absolute Gasteiger partial charge is 0.491 e. The Balaban J connectivity index is 2.04. The molecular weight excluding hydrogens is 234 g/mol. The van der Waals surface area contributed by atoms with Crippen LogP contribution < -0.4 is 10.5 Å². The van der Waals surface area contributed by atoms with E-state index in [1.54, 1.807) is 0 Å². The number of hydrogen-bond donors (Lipinski definition) is 1. The number of para-hydroxylation sites is 1. The number of hydrogen-bond acceptors (Lipinski definition) is 2. The van der Waals surface area contributed by atoms with Gasteiger partial charge in [-0.1, -0.05) is 49.4 Å². The van der Waals surface area contributed by atoms with Gasteiger partial charge in [-0.05, 0) is 36.1 Å². The number of ether oxygens (including phenoxy) is 1. The average Bonchev–Trinajstić information content (AvgIpc) is 2.45. The highest BCUT2D eigenvalue weighted by Crippen LogP contribution is 2.21. The molecule has 2 heteroatoms. The van der Waals surface area contributed by atoms with Crippen LogP contribution in [0.5, 0.6) is 5.75 Å². The van der Waals surface area contributed by atoms with E-state index in [1.807, 2.05) is 30.3 Å². The zero-order valence-electron chi connectivity index (χ0n) is 11.6. The third-order valence-electron chi connectivity index (χ3n) is 3.36. The first-order chi connectivity index (χ1) is 9.22. The molecule has 2 nitrogen and oxygen atoms in total. The Labute approximate surface area is 115 Å². The van der Waals surface area contributed by atoms with Crippen LogP contribution in [0.25, 0.3) is 0 Å². The Kier molecular flexibility index (Phi) is 4.58. The summed E-state index contributed by atoms with van der Waals surface area (Å²) in [5.74, 6) is 0.939. The molecule has 19 heavy (non-hydrogen) atoms. The average molecular weight is 255 g/mol. The molecule has 2 aromatic carbocycles. The van der Waals surface area contributed by atoms with Gasteiger partial charge in [0.25, 0.3) is 0 Å². The number of benzene rings is 2. The van der Waals surface area contributed by atoms with Crippen molar-refractivity contribution in [3.63, 3.8) is 0 Å². The van der Waals surface area contributed by atoms with Crippen molar-refractivity contribution in [2.75, 3.05) is 6.61 Å². The predicted octanol–water partition coefficient (Wildman–Crippen LogP) is 3.64. The summed E-state index contributed by atoms with van der Waals surface area (Å²) in [6, 6.07) is 16.2. The second-order valence-electron chi connectivity index (χ2n) is 4.74. The van der Waals surface area contributed by atoms with E-state index in [2.05, 4.69) is 32.0 Å². The van der Waals surface area contributed by atoms with Crippen molar-refractivity contribution in [2.24, 2.45) is 5.73 Å². The monoisotopic (exact) mass is 255 g/mol. The first-order valence-electron chi connectivity index (χ1n) is 6.74. The van der Waals surface area contributed by atoms with Crippen LogP contribution in [0.2, 0.25) is 0 Å². The maximum absolute atomic E-state index is 6.21. The number of aryl methyl sites for hydroxylation is 2. The van der Waals surface area contributed by atoms with Gasteiger partial charge in [-0.3, -0.25) is 0 Å². The summed E-state index contributed by atoms with van der Waals surface area (Å²) in [5.41, 5.74) is 9.79. The highest BCUT2D eigenvalue weighted by molar-refractivity contribution is 5.34. The molecule has 0 aliphatic carbocycles. The van der Waals surface area contributed by atoms with Crippen molar-refractivity contribution < 1.29 is 4.74 Å². The lowest BCUT2D eigenvalue weighted by Gasteiger charge is -2.17. The molecular formula is C17H21NO. The van der Waals surface area contributed by atoms with Crippen molar-refractivity contribution in [1.29, 1.82) is 0 Å². The minimum absolute atomic E-state index is 0.0916. The molecule has 1 atom stereocenters. The molecule has 2 aromatic rings. The fourth-order valence-electron chi connectivity index (χ4n) is 2.21. The molecule has 0 spiro atoms. The van der Waals surface area contributed by atoms with E-state index in [4.69, 9.17) is 10.5 Å². The topological polar surface area (TPSA) is 35.2 Å². The summed E-state index contributed by atoms with van der Waals surface area (Å²) in [6.45, 7) is 4.71. The van der Waals surface area contributed by atoms with Gasteiger partial charge in [0.05, 0.1) is 6.04 Å². The molecule has 100 valence electrons. The maximum atomic E-state index is 6.21. The van der Waals surface area contributed by atoms with Gasteiger partial charge < -0.3 is 10.5 Å². The zero-order valence-corrected chi connectivity index (χ0v) is 11.6. The summed E-state index contributed by atoms with van der Waals surface area (Å²) < 4.78 is 5.87. The van der Waals surface area contributed by atoms with Crippen LogP contribution in [-0.4, -0.2) is 6.61 Å². The van der Waals surface area contributed by atoms with Crippen molar-refractivity contribution >= 4 is 0 Å². The Morgan fingerprint density at radius 1 is 1.05 bits per heavy atom. The van der Waals surface area contributed by atoms with Gasteiger partial charge in [-0.2, -0.15) is 0 Å². The van der Waals surface area contributed by atoms with E-state index in [1.165, 1.54) is 11.1 Å². The van der Waals surface area contributed by atoms with E-state index in [0.29, 0.717) is 6.61 Å². The summed E-state index contributed by atoms with van der Waals surface area (Å²) in [4.78, 5) is 0. The summed E-state index contributed by atoms with van der Waals surface area (Å²) in [5, 5.41) is 0. The quantitative estimate of drug-likeness (QED) is 0.885. The first-order valence-corrected chi connectivity index (χ1v) is 6.74. The molecule has 2 rings (SSSR count). The molecule has 2 N–H and O–H groups in total. The standard InChI is InChI=1S/C17H21NO/c1-3-14-9-5-7-11-17(14)19-12-16(18)15-10-6-4-8-13(15)2/h4-11,16H,3,12,18H2,1-2H3. The lowest BCUT2D eigenvalue weighted by Crippen LogP contribution is -2.20. The molecule has 0 aliphatic rings. The van der Waals surface area contributed by atoms with Crippen LogP contribution in [0, 0.1) is 6.92 Å². The summed E-state index contributed by atoms with van der Waals surface area (Å²) in [6.07, 6.45) is 0.968. The first kappa shape index (κ1) is 13.6. The van der Waals surface area contributed by atoms with Gasteiger partial charge in [-0.25, -0.2) is 0 Å². The fraction of sp³-hybridized carbons (Fsp3) is 0.294. The van der Waals surface area contributed by atoms with Gasteiger partial charge in [0.2, 0.25) is 0 Å². The molecule has 0 aliphatic heterocycles. The van der Waals surface area contributed by atoms with Crippen LogP contribution in [0.15, 0.2) is 48.5 Å². The minimum Gasteiger partial charge on any atom is -0.491 e. The minimum atomic E-state index is -0.0916. The lowest BCUT2D eigenvalue weighted by molar-refractivity contribution is 0.288. The van der Waals surface area contributed by atoms with Gasteiger partial charge in [0.1, 0.15) is 12.4 Å².